The van der Waals surface area contributed by atoms with Crippen molar-refractivity contribution in [3.63, 3.8) is 0 Å². The highest BCUT2D eigenvalue weighted by atomic mass is 32.2. The predicted octanol–water partition coefficient (Wildman–Crippen LogP) is 6.17. The molecular weight excluding hydrogens is 365 g/mol. The van der Waals surface area contributed by atoms with Gasteiger partial charge in [0.1, 0.15) is 5.82 Å². The zero-order valence-electron chi connectivity index (χ0n) is 14.5. The van der Waals surface area contributed by atoms with E-state index in [4.69, 9.17) is 0 Å². The summed E-state index contributed by atoms with van der Waals surface area (Å²) in [4.78, 5) is 0. The van der Waals surface area contributed by atoms with Crippen LogP contribution in [0.1, 0.15) is 25.5 Å². The molecule has 26 heavy (non-hydrogen) atoms. The minimum absolute atomic E-state index is 0.212. The van der Waals surface area contributed by atoms with Crippen molar-refractivity contribution in [1.82, 2.24) is 14.8 Å². The predicted molar refractivity (Wildman–Crippen MR) is 107 cm³/mol. The van der Waals surface area contributed by atoms with Crippen LogP contribution in [0.2, 0.25) is 0 Å². The van der Waals surface area contributed by atoms with Gasteiger partial charge in [-0.05, 0) is 37.6 Å². The van der Waals surface area contributed by atoms with E-state index in [9.17, 15) is 4.39 Å². The summed E-state index contributed by atoms with van der Waals surface area (Å²) >= 11 is 3.35. The van der Waals surface area contributed by atoms with E-state index in [0.717, 1.165) is 27.9 Å². The van der Waals surface area contributed by atoms with E-state index in [2.05, 4.69) is 58.3 Å². The number of fused-ring (bicyclic) bond motifs is 1. The third-order valence-corrected chi connectivity index (χ3v) is 6.16. The summed E-state index contributed by atoms with van der Waals surface area (Å²) in [6, 6.07) is 15.2. The average molecular weight is 384 g/mol. The van der Waals surface area contributed by atoms with E-state index in [1.165, 1.54) is 22.2 Å². The lowest BCUT2D eigenvalue weighted by molar-refractivity contribution is 0.555. The Morgan fingerprint density at radius 3 is 2.62 bits per heavy atom. The first-order chi connectivity index (χ1) is 12.6. The molecule has 3 nitrogen and oxygen atoms in total. The number of hydrogen-bond acceptors (Lipinski definition) is 4. The monoisotopic (exact) mass is 383 g/mol. The van der Waals surface area contributed by atoms with Gasteiger partial charge in [-0.15, -0.1) is 21.5 Å². The van der Waals surface area contributed by atoms with Crippen molar-refractivity contribution in [1.29, 1.82) is 0 Å². The summed E-state index contributed by atoms with van der Waals surface area (Å²) in [6.07, 6.45) is 0. The fourth-order valence-corrected chi connectivity index (χ4v) is 4.87. The highest BCUT2D eigenvalue weighted by Crippen LogP contribution is 2.36. The molecule has 4 rings (SSSR count). The molecule has 2 heterocycles. The Morgan fingerprint density at radius 2 is 1.85 bits per heavy atom. The van der Waals surface area contributed by atoms with Crippen LogP contribution < -0.4 is 0 Å². The number of aromatic nitrogens is 3. The smallest absolute Gasteiger partial charge is 0.192 e. The molecule has 0 aliphatic heterocycles. The van der Waals surface area contributed by atoms with Gasteiger partial charge in [0.05, 0.1) is 0 Å². The largest absolute Gasteiger partial charge is 0.299 e. The second-order valence-corrected chi connectivity index (χ2v) is 8.18. The van der Waals surface area contributed by atoms with Gasteiger partial charge in [-0.3, -0.25) is 4.57 Å². The van der Waals surface area contributed by atoms with Crippen LogP contribution in [0.4, 0.5) is 4.39 Å². The van der Waals surface area contributed by atoms with Crippen molar-refractivity contribution in [2.75, 3.05) is 0 Å². The molecule has 0 bridgehead atoms. The van der Waals surface area contributed by atoms with Crippen LogP contribution in [0, 0.1) is 5.82 Å². The maximum atomic E-state index is 13.1. The molecular formula is C20H18FN3S2. The molecule has 132 valence electrons. The number of hydrogen-bond donors (Lipinski definition) is 0. The maximum absolute atomic E-state index is 13.1. The Morgan fingerprint density at radius 1 is 1.08 bits per heavy atom. The Kier molecular flexibility index (Phi) is 4.78. The van der Waals surface area contributed by atoms with Gasteiger partial charge in [-0.1, -0.05) is 42.1 Å². The molecule has 0 fully saturated rings. The minimum atomic E-state index is -0.212. The van der Waals surface area contributed by atoms with E-state index < -0.39 is 0 Å². The van der Waals surface area contributed by atoms with Gasteiger partial charge in [0.2, 0.25) is 0 Å². The highest BCUT2D eigenvalue weighted by Gasteiger charge is 2.19. The Hall–Kier alpha value is -2.18. The number of thioether (sulfide) groups is 1. The summed E-state index contributed by atoms with van der Waals surface area (Å²) in [5.74, 6) is 1.42. The molecule has 0 unspecified atom stereocenters. The standard InChI is InChI=1S/C20H18FN3S2/c1-13(2)24-19(17-12-25-18-6-4-3-5-16(17)18)22-23-20(24)26-11-14-7-9-15(21)10-8-14/h3-10,12-13H,11H2,1-2H3. The van der Waals surface area contributed by atoms with Gasteiger partial charge in [0, 0.05) is 32.8 Å². The molecule has 0 aliphatic carbocycles. The van der Waals surface area contributed by atoms with E-state index in [0.29, 0.717) is 0 Å². The van der Waals surface area contributed by atoms with E-state index in [-0.39, 0.29) is 11.9 Å². The first-order valence-corrected chi connectivity index (χ1v) is 10.3. The van der Waals surface area contributed by atoms with Crippen LogP contribution in [0.25, 0.3) is 21.5 Å². The van der Waals surface area contributed by atoms with E-state index >= 15 is 0 Å². The van der Waals surface area contributed by atoms with Gasteiger partial charge in [0.15, 0.2) is 11.0 Å². The van der Waals surface area contributed by atoms with Crippen LogP contribution in [-0.4, -0.2) is 14.8 Å². The molecule has 0 spiro atoms. The summed E-state index contributed by atoms with van der Waals surface area (Å²) in [5, 5.41) is 13.2. The number of thiophene rings is 1. The Labute approximate surface area is 159 Å². The lowest BCUT2D eigenvalue weighted by Crippen LogP contribution is -2.05. The first-order valence-electron chi connectivity index (χ1n) is 8.42. The molecule has 6 heteroatoms. The first kappa shape index (κ1) is 17.2. The molecule has 4 aromatic rings. The minimum Gasteiger partial charge on any atom is -0.299 e. The van der Waals surface area contributed by atoms with Gasteiger partial charge in [-0.2, -0.15) is 0 Å². The molecule has 2 aromatic heterocycles. The third-order valence-electron chi connectivity index (χ3n) is 4.18. The maximum Gasteiger partial charge on any atom is 0.192 e. The quantitative estimate of drug-likeness (QED) is 0.386. The van der Waals surface area contributed by atoms with Crippen LogP contribution in [0.5, 0.6) is 0 Å². The molecule has 0 saturated carbocycles. The van der Waals surface area contributed by atoms with Crippen molar-refractivity contribution < 1.29 is 4.39 Å². The van der Waals surface area contributed by atoms with Crippen LogP contribution in [-0.2, 0) is 5.75 Å². The summed E-state index contributed by atoms with van der Waals surface area (Å²) < 4.78 is 16.5. The second-order valence-electron chi connectivity index (χ2n) is 6.33. The summed E-state index contributed by atoms with van der Waals surface area (Å²) in [7, 11) is 0. The van der Waals surface area contributed by atoms with Gasteiger partial charge in [-0.25, -0.2) is 4.39 Å². The van der Waals surface area contributed by atoms with Crippen LogP contribution in [0.3, 0.4) is 0 Å². The third kappa shape index (κ3) is 3.27. The molecule has 0 aliphatic rings. The lowest BCUT2D eigenvalue weighted by Gasteiger charge is -2.13. The lowest BCUT2D eigenvalue weighted by atomic mass is 10.1. The normalized spacial score (nSPS) is 11.5. The summed E-state index contributed by atoms with van der Waals surface area (Å²) in [5.41, 5.74) is 2.19. The SMILES string of the molecule is CC(C)n1c(SCc2ccc(F)cc2)nnc1-c1csc2ccccc12. The number of rotatable bonds is 5. The Balaban J connectivity index is 1.68. The molecule has 0 amide bonds. The zero-order chi connectivity index (χ0) is 18.1. The van der Waals surface area contributed by atoms with Crippen molar-refractivity contribution >= 4 is 33.2 Å². The Bertz CT molecular complexity index is 1030. The van der Waals surface area contributed by atoms with Crippen molar-refractivity contribution in [2.45, 2.75) is 30.8 Å². The molecule has 0 saturated heterocycles. The number of halogens is 1. The fraction of sp³-hybridized carbons (Fsp3) is 0.200. The van der Waals surface area contributed by atoms with Crippen molar-refractivity contribution in [2.24, 2.45) is 0 Å². The zero-order valence-corrected chi connectivity index (χ0v) is 16.1. The molecule has 0 atom stereocenters. The number of nitrogens with zero attached hydrogens (tertiary/aromatic N) is 3. The van der Waals surface area contributed by atoms with E-state index in [1.54, 1.807) is 23.1 Å². The summed E-state index contributed by atoms with van der Waals surface area (Å²) in [6.45, 7) is 4.28. The second kappa shape index (κ2) is 7.21. The fourth-order valence-electron chi connectivity index (χ4n) is 2.90. The van der Waals surface area contributed by atoms with Gasteiger partial charge < -0.3 is 0 Å². The van der Waals surface area contributed by atoms with Crippen molar-refractivity contribution in [3.8, 4) is 11.4 Å². The highest BCUT2D eigenvalue weighted by molar-refractivity contribution is 7.98. The number of benzene rings is 2. The van der Waals surface area contributed by atoms with Crippen LogP contribution >= 0.6 is 23.1 Å². The van der Waals surface area contributed by atoms with Crippen LogP contribution in [0.15, 0.2) is 59.1 Å². The topological polar surface area (TPSA) is 30.7 Å². The van der Waals surface area contributed by atoms with Gasteiger partial charge >= 0.3 is 0 Å². The van der Waals surface area contributed by atoms with E-state index in [1.807, 2.05) is 12.1 Å². The van der Waals surface area contributed by atoms with Gasteiger partial charge in [0.25, 0.3) is 0 Å². The average Bonchev–Trinajstić information content (AvgIpc) is 3.25. The molecule has 2 aromatic carbocycles. The van der Waals surface area contributed by atoms with Crippen molar-refractivity contribution in [3.05, 3.63) is 65.3 Å². The molecule has 0 radical (unpaired) electrons. The molecule has 0 N–H and O–H groups in total.